The van der Waals surface area contributed by atoms with Crippen molar-refractivity contribution >= 4 is 35.0 Å². The maximum atomic E-state index is 13.7. The first-order valence-electron chi connectivity index (χ1n) is 16.4. The number of nitrogens with one attached hydrogen (secondary N) is 3. The predicted molar refractivity (Wildman–Crippen MR) is 184 cm³/mol. The summed E-state index contributed by atoms with van der Waals surface area (Å²) in [5, 5.41) is 12.9. The molecule has 2 aliphatic rings. The molecule has 3 amide bonds. The minimum atomic E-state index is -0.806. The third-order valence-electron chi connectivity index (χ3n) is 9.18. The number of nitrogens with two attached hydrogens (primary N) is 1. The summed E-state index contributed by atoms with van der Waals surface area (Å²) in [7, 11) is 0. The molecule has 5 N–H and O–H groups in total. The number of nitrogens with zero attached hydrogens (tertiary/aromatic N) is 3. The Morgan fingerprint density at radius 2 is 1.65 bits per heavy atom. The highest BCUT2D eigenvalue weighted by Gasteiger charge is 2.29. The zero-order valence-electron chi connectivity index (χ0n) is 26.7. The van der Waals surface area contributed by atoms with Crippen LogP contribution in [0.5, 0.6) is 0 Å². The maximum absolute atomic E-state index is 13.7. The Balaban J connectivity index is 1.17. The van der Waals surface area contributed by atoms with Crippen molar-refractivity contribution in [2.24, 2.45) is 17.6 Å². The first kappa shape index (κ1) is 33.3. The van der Waals surface area contributed by atoms with E-state index in [1.807, 2.05) is 53.4 Å². The molecule has 11 nitrogen and oxygen atoms in total. The Kier molecular flexibility index (Phi) is 10.8. The van der Waals surface area contributed by atoms with Gasteiger partial charge in [-0.25, -0.2) is 5.10 Å². The molecule has 0 bridgehead atoms. The third-order valence-corrected chi connectivity index (χ3v) is 9.35. The molecule has 0 spiro atoms. The van der Waals surface area contributed by atoms with Crippen LogP contribution in [0.4, 0.5) is 5.69 Å². The average molecular weight is 670 g/mol. The lowest BCUT2D eigenvalue weighted by Gasteiger charge is -2.28. The van der Waals surface area contributed by atoms with Gasteiger partial charge in [0.1, 0.15) is 6.04 Å². The first-order valence-corrected chi connectivity index (χ1v) is 16.8. The number of aromatic nitrogens is 3. The van der Waals surface area contributed by atoms with Gasteiger partial charge in [-0.05, 0) is 103 Å². The summed E-state index contributed by atoms with van der Waals surface area (Å²) in [5.41, 5.74) is 10.6. The van der Waals surface area contributed by atoms with Crippen LogP contribution in [0.1, 0.15) is 41.6 Å². The minimum Gasteiger partial charge on any atom is -0.378 e. The highest BCUT2D eigenvalue weighted by molar-refractivity contribution is 6.28. The summed E-state index contributed by atoms with van der Waals surface area (Å²) in [6.45, 7) is 2.91. The number of hydrogen-bond donors (Lipinski definition) is 4. The number of hydrogen-bond acceptors (Lipinski definition) is 7. The topological polar surface area (TPSA) is 155 Å². The Labute approximate surface area is 284 Å². The SMILES string of the molecule is NCC1CCC(C(=O)NC(Cc2cccc(-c3ccc(C(=O)N4CCOCC4)cc3)c2)C(=O)Nc2ccc(-c3n[nH]c(Cl)n3)cc2)CC1. The van der Waals surface area contributed by atoms with Crippen molar-refractivity contribution in [1.82, 2.24) is 25.4 Å². The lowest BCUT2D eigenvalue weighted by molar-refractivity contribution is -0.130. The highest BCUT2D eigenvalue weighted by Crippen LogP contribution is 2.29. The molecule has 1 aliphatic carbocycles. The Hall–Kier alpha value is -4.58. The van der Waals surface area contributed by atoms with E-state index in [1.54, 1.807) is 24.3 Å². The van der Waals surface area contributed by atoms with Crippen LogP contribution >= 0.6 is 11.6 Å². The Bertz CT molecular complexity index is 1710. The fraction of sp³-hybridized carbons (Fsp3) is 0.361. The van der Waals surface area contributed by atoms with Crippen LogP contribution in [0.25, 0.3) is 22.5 Å². The van der Waals surface area contributed by atoms with E-state index in [1.165, 1.54) is 0 Å². The molecule has 1 atom stereocenters. The molecular weight excluding hydrogens is 630 g/mol. The molecule has 2 heterocycles. The molecule has 48 heavy (non-hydrogen) atoms. The van der Waals surface area contributed by atoms with Gasteiger partial charge in [-0.15, -0.1) is 0 Å². The molecule has 1 aromatic heterocycles. The van der Waals surface area contributed by atoms with Gasteiger partial charge in [0.2, 0.25) is 17.1 Å². The third kappa shape index (κ3) is 8.28. The average Bonchev–Trinajstić information content (AvgIpc) is 3.58. The van der Waals surface area contributed by atoms with Crippen molar-refractivity contribution in [2.45, 2.75) is 38.1 Å². The molecular formula is C36H40ClN7O4. The molecule has 0 radical (unpaired) electrons. The number of carbonyl (C=O) groups excluding carboxylic acids is 3. The standard InChI is InChI=1S/C36H40ClN7O4/c37-36-41-32(42-43-36)26-12-14-30(15-13-26)39-34(46)31(40-33(45)27-6-4-23(22-38)5-7-27)21-24-2-1-3-29(20-24)25-8-10-28(11-9-25)35(47)44-16-18-48-19-17-44/h1-3,8-15,20,23,27,31H,4-7,16-19,21-22,38H2,(H,39,46)(H,40,45)(H,41,42,43). The summed E-state index contributed by atoms with van der Waals surface area (Å²) < 4.78 is 5.37. The number of morpholine rings is 1. The number of ether oxygens (including phenoxy) is 1. The van der Waals surface area contributed by atoms with E-state index in [2.05, 4.69) is 25.8 Å². The van der Waals surface area contributed by atoms with E-state index in [9.17, 15) is 14.4 Å². The second-order valence-corrected chi connectivity index (χ2v) is 12.8. The van der Waals surface area contributed by atoms with Gasteiger partial charge in [-0.1, -0.05) is 36.4 Å². The number of halogens is 1. The van der Waals surface area contributed by atoms with Gasteiger partial charge in [-0.2, -0.15) is 10.1 Å². The summed E-state index contributed by atoms with van der Waals surface area (Å²) in [5.74, 6) is 0.309. The fourth-order valence-electron chi connectivity index (χ4n) is 6.33. The van der Waals surface area contributed by atoms with Gasteiger partial charge in [0.05, 0.1) is 13.2 Å². The van der Waals surface area contributed by atoms with Crippen molar-refractivity contribution in [1.29, 1.82) is 0 Å². The van der Waals surface area contributed by atoms with Crippen molar-refractivity contribution in [2.75, 3.05) is 38.2 Å². The van der Waals surface area contributed by atoms with Crippen LogP contribution < -0.4 is 16.4 Å². The molecule has 4 aromatic rings. The minimum absolute atomic E-state index is 0.00319. The summed E-state index contributed by atoms with van der Waals surface area (Å²) in [6, 6.07) is 21.8. The molecule has 2 fully saturated rings. The molecule has 250 valence electrons. The van der Waals surface area contributed by atoms with Crippen LogP contribution in [-0.2, 0) is 20.7 Å². The molecule has 1 unspecified atom stereocenters. The number of anilines is 1. The molecule has 6 rings (SSSR count). The quantitative estimate of drug-likeness (QED) is 0.191. The van der Waals surface area contributed by atoms with E-state index in [0.29, 0.717) is 62.3 Å². The zero-order chi connectivity index (χ0) is 33.5. The van der Waals surface area contributed by atoms with E-state index in [0.717, 1.165) is 47.9 Å². The lowest BCUT2D eigenvalue weighted by atomic mass is 9.81. The molecule has 12 heteroatoms. The highest BCUT2D eigenvalue weighted by atomic mass is 35.5. The molecule has 1 saturated carbocycles. The van der Waals surface area contributed by atoms with E-state index >= 15 is 0 Å². The smallest absolute Gasteiger partial charge is 0.254 e. The van der Waals surface area contributed by atoms with Crippen molar-refractivity contribution in [3.05, 3.63) is 89.2 Å². The fourth-order valence-corrected chi connectivity index (χ4v) is 6.45. The normalized spacial score (nSPS) is 18.6. The van der Waals surface area contributed by atoms with E-state index < -0.39 is 6.04 Å². The van der Waals surface area contributed by atoms with Gasteiger partial charge in [0.25, 0.3) is 5.91 Å². The van der Waals surface area contributed by atoms with Crippen LogP contribution in [0.3, 0.4) is 0 Å². The van der Waals surface area contributed by atoms with Gasteiger partial charge in [0, 0.05) is 42.2 Å². The van der Waals surface area contributed by atoms with Crippen LogP contribution in [0.15, 0.2) is 72.8 Å². The monoisotopic (exact) mass is 669 g/mol. The number of aromatic amines is 1. The van der Waals surface area contributed by atoms with Gasteiger partial charge in [-0.3, -0.25) is 14.4 Å². The molecule has 3 aromatic carbocycles. The van der Waals surface area contributed by atoms with Crippen LogP contribution in [0.2, 0.25) is 5.28 Å². The van der Waals surface area contributed by atoms with Crippen molar-refractivity contribution in [3.63, 3.8) is 0 Å². The first-order chi connectivity index (χ1) is 23.4. The van der Waals surface area contributed by atoms with Gasteiger partial charge < -0.3 is 26.0 Å². The van der Waals surface area contributed by atoms with Crippen molar-refractivity contribution < 1.29 is 19.1 Å². The number of H-pyrrole nitrogens is 1. The zero-order valence-corrected chi connectivity index (χ0v) is 27.4. The second kappa shape index (κ2) is 15.5. The van der Waals surface area contributed by atoms with E-state index in [-0.39, 0.29) is 28.9 Å². The van der Waals surface area contributed by atoms with E-state index in [4.69, 9.17) is 22.1 Å². The van der Waals surface area contributed by atoms with Crippen molar-refractivity contribution in [3.8, 4) is 22.5 Å². The second-order valence-electron chi connectivity index (χ2n) is 12.4. The molecule has 1 aliphatic heterocycles. The summed E-state index contributed by atoms with van der Waals surface area (Å²) >= 11 is 5.87. The summed E-state index contributed by atoms with van der Waals surface area (Å²) in [4.78, 5) is 46.1. The number of rotatable bonds is 10. The number of amides is 3. The largest absolute Gasteiger partial charge is 0.378 e. The maximum Gasteiger partial charge on any atom is 0.254 e. The van der Waals surface area contributed by atoms with Crippen LogP contribution in [-0.4, -0.2) is 76.7 Å². The lowest BCUT2D eigenvalue weighted by Crippen LogP contribution is -2.48. The van der Waals surface area contributed by atoms with Gasteiger partial charge in [0.15, 0.2) is 5.82 Å². The van der Waals surface area contributed by atoms with Gasteiger partial charge >= 0.3 is 0 Å². The number of carbonyl (C=O) groups is 3. The summed E-state index contributed by atoms with van der Waals surface area (Å²) in [6.07, 6.45) is 3.63. The number of benzene rings is 3. The Morgan fingerprint density at radius 3 is 2.31 bits per heavy atom. The van der Waals surface area contributed by atoms with Crippen LogP contribution in [0, 0.1) is 11.8 Å². The predicted octanol–water partition coefficient (Wildman–Crippen LogP) is 4.70. The molecule has 1 saturated heterocycles. The Morgan fingerprint density at radius 1 is 0.938 bits per heavy atom.